The van der Waals surface area contributed by atoms with Crippen molar-refractivity contribution in [3.05, 3.63) is 64.2 Å². The summed E-state index contributed by atoms with van der Waals surface area (Å²) < 4.78 is 32.6. The van der Waals surface area contributed by atoms with Crippen molar-refractivity contribution >= 4 is 38.1 Å². The number of thiazole rings is 1. The first-order chi connectivity index (χ1) is 13.7. The maximum atomic E-state index is 12.7. The molecule has 0 atom stereocenters. The van der Waals surface area contributed by atoms with Crippen molar-refractivity contribution in [3.63, 3.8) is 0 Å². The van der Waals surface area contributed by atoms with Gasteiger partial charge >= 0.3 is 0 Å². The fourth-order valence-corrected chi connectivity index (χ4v) is 4.74. The van der Waals surface area contributed by atoms with Gasteiger partial charge in [0.1, 0.15) is 10.6 Å². The maximum Gasteiger partial charge on any atom is 0.267 e. The van der Waals surface area contributed by atoms with Crippen LogP contribution in [0.2, 0.25) is 0 Å². The Kier molecular flexibility index (Phi) is 5.90. The van der Waals surface area contributed by atoms with Gasteiger partial charge in [-0.1, -0.05) is 23.5 Å². The number of rotatable bonds is 6. The van der Waals surface area contributed by atoms with Gasteiger partial charge < -0.3 is 10.1 Å². The van der Waals surface area contributed by atoms with Crippen LogP contribution >= 0.6 is 11.3 Å². The largest absolute Gasteiger partial charge is 0.497 e. The van der Waals surface area contributed by atoms with E-state index in [0.717, 1.165) is 22.5 Å². The molecule has 7 nitrogen and oxygen atoms in total. The Labute approximate surface area is 173 Å². The van der Waals surface area contributed by atoms with E-state index < -0.39 is 10.0 Å². The summed E-state index contributed by atoms with van der Waals surface area (Å²) in [4.78, 5) is 17.3. The molecule has 0 aliphatic carbocycles. The fourth-order valence-electron chi connectivity index (χ4n) is 2.65. The zero-order valence-corrected chi connectivity index (χ0v) is 18.1. The van der Waals surface area contributed by atoms with Gasteiger partial charge in [0.2, 0.25) is 0 Å². The Morgan fingerprint density at radius 1 is 1.07 bits per heavy atom. The minimum atomic E-state index is -3.83. The summed E-state index contributed by atoms with van der Waals surface area (Å²) in [5.74, 6) is 0.225. The molecule has 0 aliphatic heterocycles. The van der Waals surface area contributed by atoms with E-state index in [0.29, 0.717) is 22.0 Å². The molecule has 0 saturated carbocycles. The van der Waals surface area contributed by atoms with Crippen molar-refractivity contribution in [2.75, 3.05) is 17.1 Å². The van der Waals surface area contributed by atoms with Gasteiger partial charge in [0.15, 0.2) is 5.13 Å². The van der Waals surface area contributed by atoms with Crippen molar-refractivity contribution in [2.24, 2.45) is 0 Å². The summed E-state index contributed by atoms with van der Waals surface area (Å²) in [5, 5.41) is 3.00. The zero-order valence-electron chi connectivity index (χ0n) is 16.4. The van der Waals surface area contributed by atoms with E-state index in [4.69, 9.17) is 4.74 Å². The Balaban J connectivity index is 1.80. The molecule has 0 bridgehead atoms. The molecule has 9 heteroatoms. The molecule has 1 aromatic heterocycles. The van der Waals surface area contributed by atoms with E-state index in [1.807, 2.05) is 32.0 Å². The van der Waals surface area contributed by atoms with E-state index in [9.17, 15) is 13.2 Å². The number of aromatic nitrogens is 1. The lowest BCUT2D eigenvalue weighted by Crippen LogP contribution is -2.13. The minimum absolute atomic E-state index is 0.0764. The van der Waals surface area contributed by atoms with E-state index in [1.54, 1.807) is 19.1 Å². The number of carbonyl (C=O) groups is 1. The van der Waals surface area contributed by atoms with Crippen molar-refractivity contribution in [1.82, 2.24) is 4.98 Å². The molecule has 3 rings (SSSR count). The van der Waals surface area contributed by atoms with Crippen molar-refractivity contribution in [1.29, 1.82) is 0 Å². The molecule has 1 heterocycles. The molecule has 152 valence electrons. The molecule has 2 aromatic carbocycles. The van der Waals surface area contributed by atoms with Gasteiger partial charge in [0, 0.05) is 5.69 Å². The van der Waals surface area contributed by atoms with Gasteiger partial charge in [-0.2, -0.15) is 0 Å². The molecular formula is C20H21N3O4S2. The predicted octanol–water partition coefficient (Wildman–Crippen LogP) is 4.13. The lowest BCUT2D eigenvalue weighted by atomic mass is 10.1. The number of aryl methyl sites for hydroxylation is 2. The molecule has 0 radical (unpaired) electrons. The van der Waals surface area contributed by atoms with Crippen LogP contribution in [-0.4, -0.2) is 26.4 Å². The second-order valence-corrected chi connectivity index (χ2v) is 9.10. The fraction of sp³-hybridized carbons (Fsp3) is 0.200. The number of amides is 1. The second kappa shape index (κ2) is 8.22. The normalized spacial score (nSPS) is 11.2. The van der Waals surface area contributed by atoms with E-state index >= 15 is 0 Å². The number of hydrogen-bond acceptors (Lipinski definition) is 6. The van der Waals surface area contributed by atoms with Crippen LogP contribution in [0.1, 0.15) is 26.5 Å². The molecule has 2 N–H and O–H groups in total. The van der Waals surface area contributed by atoms with Crippen LogP contribution in [0.3, 0.4) is 0 Å². The minimum Gasteiger partial charge on any atom is -0.497 e. The second-order valence-electron chi connectivity index (χ2n) is 6.42. The zero-order chi connectivity index (χ0) is 21.2. The first-order valence-corrected chi connectivity index (χ1v) is 11.0. The Bertz CT molecular complexity index is 1150. The number of nitrogens with zero attached hydrogens (tertiary/aromatic N) is 1. The lowest BCUT2D eigenvalue weighted by Gasteiger charge is -2.09. The molecule has 3 aromatic rings. The number of sulfonamides is 1. The molecule has 1 amide bonds. The van der Waals surface area contributed by atoms with Crippen LogP contribution < -0.4 is 14.8 Å². The van der Waals surface area contributed by atoms with Crippen molar-refractivity contribution < 1.29 is 17.9 Å². The first kappa shape index (κ1) is 20.8. The quantitative estimate of drug-likeness (QED) is 0.612. The van der Waals surface area contributed by atoms with Gasteiger partial charge in [0.25, 0.3) is 15.9 Å². The maximum absolute atomic E-state index is 12.7. The standard InChI is InChI=1S/C20H21N3O4S2/c1-12-6-5-7-17(13(12)2)22-19(24)18-14(3)21-20(28-18)23-29(25,26)16-10-8-15(27-4)9-11-16/h5-11H,1-4H3,(H,21,23)(H,22,24). The van der Waals surface area contributed by atoms with Gasteiger partial charge in [-0.25, -0.2) is 13.4 Å². The third-order valence-electron chi connectivity index (χ3n) is 4.45. The summed E-state index contributed by atoms with van der Waals surface area (Å²) in [7, 11) is -2.32. The lowest BCUT2D eigenvalue weighted by molar-refractivity contribution is 0.102. The number of benzene rings is 2. The van der Waals surface area contributed by atoms with Crippen LogP contribution in [0.25, 0.3) is 0 Å². The highest BCUT2D eigenvalue weighted by Gasteiger charge is 2.21. The number of hydrogen-bond donors (Lipinski definition) is 2. The van der Waals surface area contributed by atoms with Gasteiger partial charge in [-0.05, 0) is 62.2 Å². The molecule has 0 saturated heterocycles. The van der Waals surface area contributed by atoms with Crippen LogP contribution in [0.4, 0.5) is 10.8 Å². The van der Waals surface area contributed by atoms with E-state index in [1.165, 1.54) is 19.2 Å². The van der Waals surface area contributed by atoms with Crippen LogP contribution in [-0.2, 0) is 10.0 Å². The molecular weight excluding hydrogens is 410 g/mol. The van der Waals surface area contributed by atoms with E-state index in [2.05, 4.69) is 15.0 Å². The third-order valence-corrected chi connectivity index (χ3v) is 7.00. The predicted molar refractivity (Wildman–Crippen MR) is 115 cm³/mol. The summed E-state index contributed by atoms with van der Waals surface area (Å²) in [5.41, 5.74) is 3.20. The Morgan fingerprint density at radius 2 is 1.76 bits per heavy atom. The monoisotopic (exact) mass is 431 g/mol. The molecule has 0 fully saturated rings. The molecule has 0 spiro atoms. The summed E-state index contributed by atoms with van der Waals surface area (Å²) in [6.45, 7) is 5.56. The highest BCUT2D eigenvalue weighted by Crippen LogP contribution is 2.27. The molecule has 0 unspecified atom stereocenters. The number of carbonyl (C=O) groups excluding carboxylic acids is 1. The van der Waals surface area contributed by atoms with Gasteiger partial charge in [-0.3, -0.25) is 9.52 Å². The Morgan fingerprint density at radius 3 is 2.41 bits per heavy atom. The average Bonchev–Trinajstić information content (AvgIpc) is 3.05. The number of ether oxygens (including phenoxy) is 1. The highest BCUT2D eigenvalue weighted by molar-refractivity contribution is 7.93. The van der Waals surface area contributed by atoms with Crippen LogP contribution in [0.15, 0.2) is 47.4 Å². The summed E-state index contributed by atoms with van der Waals surface area (Å²) in [6.07, 6.45) is 0. The third kappa shape index (κ3) is 4.57. The number of methoxy groups -OCH3 is 1. The van der Waals surface area contributed by atoms with E-state index in [-0.39, 0.29) is 15.9 Å². The number of nitrogens with one attached hydrogen (secondary N) is 2. The van der Waals surface area contributed by atoms with Gasteiger partial charge in [0.05, 0.1) is 17.7 Å². The first-order valence-electron chi connectivity index (χ1n) is 8.73. The topological polar surface area (TPSA) is 97.4 Å². The van der Waals surface area contributed by atoms with Crippen LogP contribution in [0, 0.1) is 20.8 Å². The molecule has 29 heavy (non-hydrogen) atoms. The average molecular weight is 432 g/mol. The summed E-state index contributed by atoms with van der Waals surface area (Å²) in [6, 6.07) is 11.7. The van der Waals surface area contributed by atoms with Gasteiger partial charge in [-0.15, -0.1) is 0 Å². The summed E-state index contributed by atoms with van der Waals surface area (Å²) >= 11 is 0.988. The smallest absolute Gasteiger partial charge is 0.267 e. The molecule has 0 aliphatic rings. The number of anilines is 2. The van der Waals surface area contributed by atoms with Crippen molar-refractivity contribution in [3.8, 4) is 5.75 Å². The van der Waals surface area contributed by atoms with Crippen LogP contribution in [0.5, 0.6) is 5.75 Å². The highest BCUT2D eigenvalue weighted by atomic mass is 32.2. The SMILES string of the molecule is COc1ccc(S(=O)(=O)Nc2nc(C)c(C(=O)Nc3cccc(C)c3C)s2)cc1. The Hall–Kier alpha value is -2.91. The van der Waals surface area contributed by atoms with Crippen molar-refractivity contribution in [2.45, 2.75) is 25.7 Å².